The highest BCUT2D eigenvalue weighted by Gasteiger charge is 2.22. The Bertz CT molecular complexity index is 1360. The summed E-state index contributed by atoms with van der Waals surface area (Å²) in [6.07, 6.45) is 5.21. The zero-order valence-electron chi connectivity index (χ0n) is 18.9. The van der Waals surface area contributed by atoms with Crippen LogP contribution in [0.2, 0.25) is 0 Å². The monoisotopic (exact) mass is 467 g/mol. The number of hydrogen-bond acceptors (Lipinski definition) is 4. The summed E-state index contributed by atoms with van der Waals surface area (Å²) in [7, 11) is -3.23. The molecule has 1 aliphatic rings. The minimum absolute atomic E-state index is 0.147. The Balaban J connectivity index is 1.83. The zero-order valence-corrected chi connectivity index (χ0v) is 19.7. The molecule has 1 amide bonds. The Hall–Kier alpha value is -2.94. The fourth-order valence-corrected chi connectivity index (χ4v) is 5.31. The number of amides is 1. The molecule has 1 aliphatic heterocycles. The van der Waals surface area contributed by atoms with E-state index in [0.717, 1.165) is 39.8 Å². The van der Waals surface area contributed by atoms with Gasteiger partial charge in [0.2, 0.25) is 10.0 Å². The summed E-state index contributed by atoms with van der Waals surface area (Å²) in [5.74, 6) is -0.505. The fraction of sp³-hybridized carbons (Fsp3) is 0.320. The Morgan fingerprint density at radius 1 is 1.21 bits per heavy atom. The molecule has 7 nitrogen and oxygen atoms in total. The predicted octanol–water partition coefficient (Wildman–Crippen LogP) is 3.22. The number of nitrogens with one attached hydrogen (secondary N) is 1. The second-order valence-corrected chi connectivity index (χ2v) is 10.5. The Kier molecular flexibility index (Phi) is 6.43. The minimum atomic E-state index is -3.23. The maximum atomic E-state index is 12.1. The van der Waals surface area contributed by atoms with Gasteiger partial charge in [-0.25, -0.2) is 8.42 Å². The number of hydrogen-bond donors (Lipinski definition) is 3. The second-order valence-electron chi connectivity index (χ2n) is 8.51. The van der Waals surface area contributed by atoms with Gasteiger partial charge in [0.15, 0.2) is 0 Å². The van der Waals surface area contributed by atoms with Crippen LogP contribution in [0.3, 0.4) is 0 Å². The van der Waals surface area contributed by atoms with Gasteiger partial charge in [0, 0.05) is 30.8 Å². The van der Waals surface area contributed by atoms with Crippen molar-refractivity contribution in [3.05, 3.63) is 64.9 Å². The predicted molar refractivity (Wildman–Crippen MR) is 131 cm³/mol. The smallest absolute Gasteiger partial charge is 0.250 e. The number of primary amides is 1. The van der Waals surface area contributed by atoms with Crippen molar-refractivity contribution in [2.24, 2.45) is 5.73 Å². The van der Waals surface area contributed by atoms with Crippen LogP contribution < -0.4 is 5.73 Å². The van der Waals surface area contributed by atoms with Crippen molar-refractivity contribution in [2.75, 3.05) is 26.0 Å². The maximum Gasteiger partial charge on any atom is 0.250 e. The van der Waals surface area contributed by atoms with Gasteiger partial charge < -0.3 is 15.8 Å². The fourth-order valence-electron chi connectivity index (χ4n) is 4.54. The van der Waals surface area contributed by atoms with E-state index in [1.165, 1.54) is 16.1 Å². The van der Waals surface area contributed by atoms with Gasteiger partial charge in [0.05, 0.1) is 17.3 Å². The van der Waals surface area contributed by atoms with Crippen LogP contribution >= 0.6 is 0 Å². The molecule has 4 N–H and O–H groups in total. The third-order valence-corrected chi connectivity index (χ3v) is 7.66. The van der Waals surface area contributed by atoms with Gasteiger partial charge in [0.1, 0.15) is 0 Å². The minimum Gasteiger partial charge on any atom is -0.396 e. The number of nitrogens with two attached hydrogens (primary N) is 1. The lowest BCUT2D eigenvalue weighted by atomic mass is 9.91. The molecule has 0 spiro atoms. The number of carbonyl (C=O) groups excluding carboxylic acids is 1. The van der Waals surface area contributed by atoms with Crippen LogP contribution in [0.4, 0.5) is 0 Å². The van der Waals surface area contributed by atoms with E-state index in [1.54, 1.807) is 6.07 Å². The SMILES string of the molecule is Cc1c(CCCO)cccc1-c1ccc(C(N)=O)c2[nH]c(C3=CCN(S(C)(=O)=O)CC3)cc12. The lowest BCUT2D eigenvalue weighted by Crippen LogP contribution is -2.33. The lowest BCUT2D eigenvalue weighted by molar-refractivity contribution is 0.100. The molecule has 4 rings (SSSR count). The summed E-state index contributed by atoms with van der Waals surface area (Å²) in [6.45, 7) is 2.97. The van der Waals surface area contributed by atoms with Crippen molar-refractivity contribution in [3.63, 3.8) is 0 Å². The summed E-state index contributed by atoms with van der Waals surface area (Å²) in [4.78, 5) is 15.5. The van der Waals surface area contributed by atoms with Crippen LogP contribution in [0.5, 0.6) is 0 Å². The quantitative estimate of drug-likeness (QED) is 0.495. The van der Waals surface area contributed by atoms with Gasteiger partial charge in [-0.15, -0.1) is 0 Å². The number of fused-ring (bicyclic) bond motifs is 1. The summed E-state index contributed by atoms with van der Waals surface area (Å²) >= 11 is 0. The third-order valence-electron chi connectivity index (χ3n) is 6.39. The number of aromatic amines is 1. The molecule has 0 saturated heterocycles. The number of aliphatic hydroxyl groups excluding tert-OH is 1. The molecule has 1 aromatic heterocycles. The number of aliphatic hydroxyl groups is 1. The molecular weight excluding hydrogens is 438 g/mol. The van der Waals surface area contributed by atoms with E-state index in [2.05, 4.69) is 24.0 Å². The van der Waals surface area contributed by atoms with Crippen LogP contribution in [0.25, 0.3) is 27.6 Å². The van der Waals surface area contributed by atoms with E-state index >= 15 is 0 Å². The van der Waals surface area contributed by atoms with Crippen LogP contribution in [-0.4, -0.2) is 54.7 Å². The van der Waals surface area contributed by atoms with Crippen LogP contribution in [0.15, 0.2) is 42.5 Å². The first-order valence-corrected chi connectivity index (χ1v) is 12.9. The molecule has 174 valence electrons. The molecule has 0 unspecified atom stereocenters. The van der Waals surface area contributed by atoms with Crippen molar-refractivity contribution in [3.8, 4) is 11.1 Å². The average Bonchev–Trinajstić information content (AvgIpc) is 3.23. The van der Waals surface area contributed by atoms with E-state index in [-0.39, 0.29) is 6.61 Å². The second kappa shape index (κ2) is 9.13. The summed E-state index contributed by atoms with van der Waals surface area (Å²) in [6, 6.07) is 11.9. The van der Waals surface area contributed by atoms with E-state index in [4.69, 9.17) is 5.73 Å². The molecule has 33 heavy (non-hydrogen) atoms. The third kappa shape index (κ3) is 4.59. The number of sulfonamides is 1. The molecule has 0 atom stereocenters. The lowest BCUT2D eigenvalue weighted by Gasteiger charge is -2.23. The topological polar surface area (TPSA) is 116 Å². The average molecular weight is 468 g/mol. The van der Waals surface area contributed by atoms with Crippen LogP contribution in [0.1, 0.15) is 40.0 Å². The van der Waals surface area contributed by atoms with Gasteiger partial charge in [-0.3, -0.25) is 4.79 Å². The summed E-state index contributed by atoms with van der Waals surface area (Å²) in [5.41, 5.74) is 13.0. The standard InChI is InChI=1S/C25H29N3O4S/c1-16-17(6-4-14-29)5-3-7-19(16)20-8-9-21(25(26)30)24-22(20)15-23(27-24)18-10-12-28(13-11-18)33(2,31)32/h3,5,7-10,15,27,29H,4,6,11-14H2,1-2H3,(H2,26,30). The highest BCUT2D eigenvalue weighted by Crippen LogP contribution is 2.36. The van der Waals surface area contributed by atoms with Gasteiger partial charge in [0.25, 0.3) is 5.91 Å². The summed E-state index contributed by atoms with van der Waals surface area (Å²) in [5, 5.41) is 10.1. The molecule has 3 aromatic rings. The maximum absolute atomic E-state index is 12.1. The van der Waals surface area contributed by atoms with Crippen LogP contribution in [0, 0.1) is 6.92 Å². The van der Waals surface area contributed by atoms with Gasteiger partial charge in [-0.2, -0.15) is 4.31 Å². The van der Waals surface area contributed by atoms with E-state index in [9.17, 15) is 18.3 Å². The van der Waals surface area contributed by atoms with Crippen molar-refractivity contribution < 1.29 is 18.3 Å². The molecule has 0 fully saturated rings. The zero-order chi connectivity index (χ0) is 23.8. The molecular formula is C25H29N3O4S. The summed E-state index contributed by atoms with van der Waals surface area (Å²) < 4.78 is 25.1. The number of aromatic nitrogens is 1. The van der Waals surface area contributed by atoms with E-state index in [0.29, 0.717) is 37.0 Å². The molecule has 0 aliphatic carbocycles. The Morgan fingerprint density at radius 2 is 2.00 bits per heavy atom. The first-order valence-electron chi connectivity index (χ1n) is 11.0. The highest BCUT2D eigenvalue weighted by molar-refractivity contribution is 7.88. The van der Waals surface area contributed by atoms with Crippen molar-refractivity contribution in [1.29, 1.82) is 0 Å². The first kappa shape index (κ1) is 23.2. The van der Waals surface area contributed by atoms with Gasteiger partial charge in [-0.05, 0) is 66.1 Å². The van der Waals surface area contributed by atoms with Crippen LogP contribution in [-0.2, 0) is 16.4 Å². The molecule has 8 heteroatoms. The Labute approximate surface area is 194 Å². The number of carbonyl (C=O) groups is 1. The number of rotatable bonds is 7. The molecule has 2 heterocycles. The largest absolute Gasteiger partial charge is 0.396 e. The normalized spacial score (nSPS) is 15.1. The molecule has 0 bridgehead atoms. The van der Waals surface area contributed by atoms with E-state index in [1.807, 2.05) is 24.3 Å². The molecule has 2 aromatic carbocycles. The molecule has 0 saturated carbocycles. The van der Waals surface area contributed by atoms with Crippen molar-refractivity contribution >= 4 is 32.4 Å². The van der Waals surface area contributed by atoms with Crippen molar-refractivity contribution in [2.45, 2.75) is 26.2 Å². The highest BCUT2D eigenvalue weighted by atomic mass is 32.2. The van der Waals surface area contributed by atoms with Gasteiger partial charge in [-0.1, -0.05) is 30.3 Å². The van der Waals surface area contributed by atoms with Gasteiger partial charge >= 0.3 is 0 Å². The number of benzene rings is 2. The first-order chi connectivity index (χ1) is 15.7. The molecule has 0 radical (unpaired) electrons. The number of H-pyrrole nitrogens is 1. The number of nitrogens with zero attached hydrogens (tertiary/aromatic N) is 1. The van der Waals surface area contributed by atoms with Crippen molar-refractivity contribution in [1.82, 2.24) is 9.29 Å². The van der Waals surface area contributed by atoms with E-state index < -0.39 is 15.9 Å². The number of aryl methyl sites for hydroxylation is 1. The Morgan fingerprint density at radius 3 is 2.64 bits per heavy atom.